The molecule has 1 N–H and O–H groups in total. The van der Waals surface area contributed by atoms with Crippen molar-refractivity contribution in [2.24, 2.45) is 0 Å². The second kappa shape index (κ2) is 9.37. The first kappa shape index (κ1) is 22.4. The average molecular weight is 467 g/mol. The maximum Gasteiger partial charge on any atom is 0.293 e. The van der Waals surface area contributed by atoms with Crippen LogP contribution in [0, 0.1) is 5.82 Å². The largest absolute Gasteiger partial charge is 0.354 e. The molecule has 2 aromatic carbocycles. The smallest absolute Gasteiger partial charge is 0.293 e. The predicted molar refractivity (Wildman–Crippen MR) is 119 cm³/mol. The van der Waals surface area contributed by atoms with Crippen molar-refractivity contribution in [1.82, 2.24) is 15.1 Å². The van der Waals surface area contributed by atoms with Gasteiger partial charge in [-0.05, 0) is 47.7 Å². The summed E-state index contributed by atoms with van der Waals surface area (Å²) >= 11 is 0.772. The molecule has 0 atom stereocenters. The van der Waals surface area contributed by atoms with Gasteiger partial charge < -0.3 is 5.32 Å². The number of nitrogens with zero attached hydrogens (tertiary/aromatic N) is 2. The van der Waals surface area contributed by atoms with Crippen LogP contribution in [0.5, 0.6) is 0 Å². The standard InChI is InChI=1S/C23H18FN3O5S/c24-15-7-5-14(6-8-15)13-18-22(31)27(23(32)33-18)12-10-25-19(28)9-11-26-20(29)16-3-1-2-4-17(16)21(26)30/h1-8,13H,9-12H2,(H,25,28). The summed E-state index contributed by atoms with van der Waals surface area (Å²) in [5.41, 5.74) is 1.22. The third-order valence-corrected chi connectivity index (χ3v) is 6.05. The summed E-state index contributed by atoms with van der Waals surface area (Å²) in [6.45, 7) is -0.0623. The fourth-order valence-corrected chi connectivity index (χ4v) is 4.32. The van der Waals surface area contributed by atoms with Gasteiger partial charge in [0.1, 0.15) is 5.82 Å². The lowest BCUT2D eigenvalue weighted by Gasteiger charge is -2.15. The van der Waals surface area contributed by atoms with Crippen LogP contribution in [0.4, 0.5) is 9.18 Å². The Bertz CT molecular complexity index is 1160. The van der Waals surface area contributed by atoms with Crippen LogP contribution in [0.3, 0.4) is 0 Å². The van der Waals surface area contributed by atoms with Crippen LogP contribution >= 0.6 is 11.8 Å². The van der Waals surface area contributed by atoms with Crippen LogP contribution in [-0.4, -0.2) is 58.3 Å². The summed E-state index contributed by atoms with van der Waals surface area (Å²) < 4.78 is 13.0. The Morgan fingerprint density at radius 3 is 2.15 bits per heavy atom. The summed E-state index contributed by atoms with van der Waals surface area (Å²) in [6.07, 6.45) is 1.41. The minimum absolute atomic E-state index is 0.0236. The van der Waals surface area contributed by atoms with Crippen molar-refractivity contribution < 1.29 is 28.4 Å². The molecule has 0 saturated carbocycles. The van der Waals surface area contributed by atoms with Gasteiger partial charge in [0.15, 0.2) is 0 Å². The van der Waals surface area contributed by atoms with E-state index in [1.165, 1.54) is 30.3 Å². The molecule has 0 radical (unpaired) electrons. The van der Waals surface area contributed by atoms with E-state index < -0.39 is 34.7 Å². The monoisotopic (exact) mass is 467 g/mol. The highest BCUT2D eigenvalue weighted by molar-refractivity contribution is 8.18. The number of hydrogen-bond donors (Lipinski definition) is 1. The molecule has 0 unspecified atom stereocenters. The van der Waals surface area contributed by atoms with Crippen molar-refractivity contribution in [3.8, 4) is 0 Å². The average Bonchev–Trinajstić information content (AvgIpc) is 3.21. The van der Waals surface area contributed by atoms with Crippen molar-refractivity contribution in [1.29, 1.82) is 0 Å². The number of amides is 5. The van der Waals surface area contributed by atoms with E-state index in [2.05, 4.69) is 5.32 Å². The molecule has 0 aromatic heterocycles. The summed E-state index contributed by atoms with van der Waals surface area (Å²) in [6, 6.07) is 12.0. The normalized spacial score (nSPS) is 16.7. The van der Waals surface area contributed by atoms with Gasteiger partial charge in [0, 0.05) is 26.1 Å². The summed E-state index contributed by atoms with van der Waals surface area (Å²) in [7, 11) is 0. The van der Waals surface area contributed by atoms with Gasteiger partial charge in [0.25, 0.3) is 23.0 Å². The van der Waals surface area contributed by atoms with Crippen molar-refractivity contribution in [3.05, 3.63) is 75.9 Å². The van der Waals surface area contributed by atoms with Crippen molar-refractivity contribution in [2.45, 2.75) is 6.42 Å². The molecular weight excluding hydrogens is 449 g/mol. The van der Waals surface area contributed by atoms with Crippen molar-refractivity contribution in [2.75, 3.05) is 19.6 Å². The second-order valence-electron chi connectivity index (χ2n) is 7.29. The van der Waals surface area contributed by atoms with E-state index in [9.17, 15) is 28.4 Å². The van der Waals surface area contributed by atoms with Gasteiger partial charge in [-0.3, -0.25) is 33.8 Å². The number of imide groups is 2. The molecule has 0 spiro atoms. The van der Waals surface area contributed by atoms with Gasteiger partial charge in [-0.1, -0.05) is 24.3 Å². The number of nitrogens with one attached hydrogen (secondary N) is 1. The first-order chi connectivity index (χ1) is 15.8. The quantitative estimate of drug-likeness (QED) is 0.496. The van der Waals surface area contributed by atoms with E-state index >= 15 is 0 Å². The molecule has 2 heterocycles. The third-order valence-electron chi connectivity index (χ3n) is 5.14. The molecule has 33 heavy (non-hydrogen) atoms. The fraction of sp³-hybridized carbons (Fsp3) is 0.174. The van der Waals surface area contributed by atoms with Crippen molar-refractivity contribution >= 4 is 46.7 Å². The lowest BCUT2D eigenvalue weighted by Crippen LogP contribution is -2.39. The Kier molecular flexibility index (Phi) is 6.36. The van der Waals surface area contributed by atoms with E-state index in [0.29, 0.717) is 16.7 Å². The zero-order valence-electron chi connectivity index (χ0n) is 17.2. The van der Waals surface area contributed by atoms with Crippen LogP contribution in [0.15, 0.2) is 53.4 Å². The lowest BCUT2D eigenvalue weighted by molar-refractivity contribution is -0.124. The van der Waals surface area contributed by atoms with Gasteiger partial charge >= 0.3 is 0 Å². The van der Waals surface area contributed by atoms with Crippen LogP contribution in [0.25, 0.3) is 6.08 Å². The molecule has 0 bridgehead atoms. The number of fused-ring (bicyclic) bond motifs is 1. The molecule has 5 amide bonds. The maximum absolute atomic E-state index is 13.0. The molecule has 1 saturated heterocycles. The SMILES string of the molecule is O=C(CCN1C(=O)c2ccccc2C1=O)NCCN1C(=O)SC(=Cc2ccc(F)cc2)C1=O. The van der Waals surface area contributed by atoms with Gasteiger partial charge in [-0.15, -0.1) is 0 Å². The Morgan fingerprint density at radius 1 is 0.879 bits per heavy atom. The number of hydrogen-bond acceptors (Lipinski definition) is 6. The van der Waals surface area contributed by atoms with E-state index in [4.69, 9.17) is 0 Å². The lowest BCUT2D eigenvalue weighted by atomic mass is 10.1. The van der Waals surface area contributed by atoms with E-state index in [0.717, 1.165) is 21.6 Å². The van der Waals surface area contributed by atoms with Crippen LogP contribution in [-0.2, 0) is 9.59 Å². The number of halogens is 1. The summed E-state index contributed by atoms with van der Waals surface area (Å²) in [5.74, 6) is -2.18. The predicted octanol–water partition coefficient (Wildman–Crippen LogP) is 2.66. The molecule has 4 rings (SSSR count). The first-order valence-electron chi connectivity index (χ1n) is 10.1. The zero-order valence-corrected chi connectivity index (χ0v) is 18.1. The molecule has 2 aliphatic rings. The van der Waals surface area contributed by atoms with Crippen LogP contribution in [0.1, 0.15) is 32.7 Å². The Morgan fingerprint density at radius 2 is 1.52 bits per heavy atom. The van der Waals surface area contributed by atoms with E-state index in [-0.39, 0.29) is 31.0 Å². The zero-order chi connectivity index (χ0) is 23.5. The first-order valence-corrected chi connectivity index (χ1v) is 10.9. The molecule has 8 nitrogen and oxygen atoms in total. The number of benzene rings is 2. The van der Waals surface area contributed by atoms with Crippen LogP contribution in [0.2, 0.25) is 0 Å². The second-order valence-corrected chi connectivity index (χ2v) is 8.29. The number of thioether (sulfide) groups is 1. The molecule has 168 valence electrons. The van der Waals surface area contributed by atoms with Gasteiger partial charge in [0.2, 0.25) is 5.91 Å². The number of carbonyl (C=O) groups is 5. The Balaban J connectivity index is 1.25. The Hall–Kier alpha value is -3.79. The van der Waals surface area contributed by atoms with Crippen molar-refractivity contribution in [3.63, 3.8) is 0 Å². The minimum Gasteiger partial charge on any atom is -0.354 e. The summed E-state index contributed by atoms with van der Waals surface area (Å²) in [4.78, 5) is 63.7. The topological polar surface area (TPSA) is 104 Å². The molecule has 2 aliphatic heterocycles. The molecule has 0 aliphatic carbocycles. The minimum atomic E-state index is -0.491. The van der Waals surface area contributed by atoms with E-state index in [1.807, 2.05) is 0 Å². The maximum atomic E-state index is 13.0. The number of rotatable bonds is 7. The third kappa shape index (κ3) is 4.70. The highest BCUT2D eigenvalue weighted by atomic mass is 32.2. The van der Waals surface area contributed by atoms with E-state index in [1.54, 1.807) is 24.3 Å². The fourth-order valence-electron chi connectivity index (χ4n) is 3.45. The summed E-state index contributed by atoms with van der Waals surface area (Å²) in [5, 5.41) is 2.13. The molecule has 2 aromatic rings. The molecular formula is C23H18FN3O5S. The molecule has 1 fully saturated rings. The molecule has 10 heteroatoms. The van der Waals surface area contributed by atoms with Gasteiger partial charge in [-0.2, -0.15) is 0 Å². The van der Waals surface area contributed by atoms with Crippen LogP contribution < -0.4 is 5.32 Å². The van der Waals surface area contributed by atoms with Gasteiger partial charge in [0.05, 0.1) is 16.0 Å². The highest BCUT2D eigenvalue weighted by Gasteiger charge is 2.36. The number of carbonyl (C=O) groups excluding carboxylic acids is 5. The van der Waals surface area contributed by atoms with Gasteiger partial charge in [-0.25, -0.2) is 4.39 Å². The Labute approximate surface area is 192 Å². The highest BCUT2D eigenvalue weighted by Crippen LogP contribution is 2.31.